The fourth-order valence-corrected chi connectivity index (χ4v) is 6.01. The molecule has 36 heavy (non-hydrogen) atoms. The van der Waals surface area contributed by atoms with Gasteiger partial charge in [0.05, 0.1) is 11.2 Å². The van der Waals surface area contributed by atoms with Crippen molar-refractivity contribution >= 4 is 6.03 Å². The molecular weight excluding hydrogens is 461 g/mol. The summed E-state index contributed by atoms with van der Waals surface area (Å²) in [7, 11) is 3.52. The fourth-order valence-electron chi connectivity index (χ4n) is 6.01. The summed E-state index contributed by atoms with van der Waals surface area (Å²) >= 11 is 0. The van der Waals surface area contributed by atoms with Crippen molar-refractivity contribution in [2.24, 2.45) is 5.92 Å². The van der Waals surface area contributed by atoms with Crippen LogP contribution in [-0.4, -0.2) is 73.2 Å². The van der Waals surface area contributed by atoms with Crippen LogP contribution >= 0.6 is 0 Å². The Kier molecular flexibility index (Phi) is 11.0. The molecule has 2 fully saturated rings. The van der Waals surface area contributed by atoms with Crippen LogP contribution in [0.2, 0.25) is 0 Å². The lowest BCUT2D eigenvalue weighted by Crippen LogP contribution is -2.53. The van der Waals surface area contributed by atoms with E-state index in [-0.39, 0.29) is 23.8 Å². The topological polar surface area (TPSA) is 94.1 Å². The summed E-state index contributed by atoms with van der Waals surface area (Å²) in [5, 5.41) is 29.1. The van der Waals surface area contributed by atoms with Gasteiger partial charge in [0.1, 0.15) is 5.82 Å². The number of nitrogens with zero attached hydrogens (tertiary/aromatic N) is 1. The number of piperidine rings is 1. The predicted octanol–water partition coefficient (Wildman–Crippen LogP) is 3.92. The van der Waals surface area contributed by atoms with Crippen molar-refractivity contribution in [3.63, 3.8) is 0 Å². The number of carbonyl (C=O) groups excluding carboxylic acids is 1. The van der Waals surface area contributed by atoms with Gasteiger partial charge in [-0.05, 0) is 76.1 Å². The normalized spacial score (nSPS) is 22.6. The van der Waals surface area contributed by atoms with Crippen molar-refractivity contribution in [1.82, 2.24) is 15.5 Å². The van der Waals surface area contributed by atoms with Gasteiger partial charge >= 0.3 is 6.03 Å². The Hall–Kier alpha value is -1.74. The maximum atomic E-state index is 14.1. The molecule has 1 aromatic rings. The Morgan fingerprint density at radius 1 is 1.28 bits per heavy atom. The summed E-state index contributed by atoms with van der Waals surface area (Å²) in [6.45, 7) is 2.08. The molecule has 1 saturated heterocycles. The van der Waals surface area contributed by atoms with Crippen LogP contribution in [0.3, 0.4) is 0 Å². The van der Waals surface area contributed by atoms with Crippen molar-refractivity contribution in [1.29, 1.82) is 0 Å². The SMILES string of the molecule is CNC(CNC(=O)N1CCC[C@@H]([C@@](O)(CCCCOC)c2cccc(F)c2)C1)CC1(O)CCCCC1. The van der Waals surface area contributed by atoms with Gasteiger partial charge in [0, 0.05) is 45.3 Å². The van der Waals surface area contributed by atoms with Gasteiger partial charge in [0.25, 0.3) is 0 Å². The molecule has 1 aromatic carbocycles. The molecule has 1 aliphatic carbocycles. The van der Waals surface area contributed by atoms with Crippen molar-refractivity contribution < 1.29 is 24.1 Å². The number of methoxy groups -OCH3 is 1. The lowest BCUT2D eigenvalue weighted by molar-refractivity contribution is -0.0565. The number of urea groups is 1. The number of amides is 2. The number of ether oxygens (including phenoxy) is 1. The number of hydrogen-bond donors (Lipinski definition) is 4. The van der Waals surface area contributed by atoms with Crippen molar-refractivity contribution in [2.45, 2.75) is 87.9 Å². The van der Waals surface area contributed by atoms with Crippen LogP contribution in [0.25, 0.3) is 0 Å². The number of carbonyl (C=O) groups is 1. The smallest absolute Gasteiger partial charge is 0.317 e. The van der Waals surface area contributed by atoms with E-state index in [2.05, 4.69) is 10.6 Å². The second-order valence-corrected chi connectivity index (χ2v) is 10.8. The van der Waals surface area contributed by atoms with Gasteiger partial charge in [-0.3, -0.25) is 0 Å². The molecule has 2 aliphatic rings. The molecule has 204 valence electrons. The van der Waals surface area contributed by atoms with E-state index < -0.39 is 11.2 Å². The van der Waals surface area contributed by atoms with Gasteiger partial charge in [-0.2, -0.15) is 0 Å². The Labute approximate surface area is 215 Å². The zero-order valence-corrected chi connectivity index (χ0v) is 22.1. The van der Waals surface area contributed by atoms with Crippen molar-refractivity contribution in [3.05, 3.63) is 35.6 Å². The molecule has 1 unspecified atom stereocenters. The maximum absolute atomic E-state index is 14.1. The Morgan fingerprint density at radius 2 is 2.06 bits per heavy atom. The molecule has 3 rings (SSSR count). The number of nitrogens with one attached hydrogen (secondary N) is 2. The number of benzene rings is 1. The molecule has 0 aromatic heterocycles. The first-order chi connectivity index (χ1) is 17.3. The van der Waals surface area contributed by atoms with E-state index in [0.29, 0.717) is 44.6 Å². The van der Waals surface area contributed by atoms with E-state index in [9.17, 15) is 19.4 Å². The first-order valence-corrected chi connectivity index (χ1v) is 13.7. The van der Waals surface area contributed by atoms with Crippen LogP contribution < -0.4 is 10.6 Å². The number of likely N-dealkylation sites (tertiary alicyclic amines) is 1. The van der Waals surface area contributed by atoms with E-state index in [0.717, 1.165) is 51.4 Å². The average molecular weight is 508 g/mol. The minimum absolute atomic E-state index is 0.0114. The van der Waals surface area contributed by atoms with E-state index in [1.165, 1.54) is 18.6 Å². The predicted molar refractivity (Wildman–Crippen MR) is 139 cm³/mol. The van der Waals surface area contributed by atoms with Gasteiger partial charge < -0.3 is 30.5 Å². The summed E-state index contributed by atoms with van der Waals surface area (Å²) < 4.78 is 19.2. The number of rotatable bonds is 12. The molecule has 8 heteroatoms. The fraction of sp³-hybridized carbons (Fsp3) is 0.750. The molecule has 1 saturated carbocycles. The standard InChI is InChI=1S/C28H46FN3O4/c1-30-25(19-27(34)13-4-3-5-14-27)20-31-26(33)32-16-9-11-23(21-32)28(35,15-6-7-17-36-2)22-10-8-12-24(29)18-22/h8,10,12,18,23,25,30,34-35H,3-7,9,11,13-17,19-21H2,1-2H3,(H,31,33)/t23-,25?,28-/m1/s1. The molecule has 0 radical (unpaired) electrons. The van der Waals surface area contributed by atoms with Gasteiger partial charge in [0.15, 0.2) is 0 Å². The van der Waals surface area contributed by atoms with Gasteiger partial charge in [-0.15, -0.1) is 0 Å². The zero-order chi connectivity index (χ0) is 26.0. The van der Waals surface area contributed by atoms with Crippen molar-refractivity contribution in [3.8, 4) is 0 Å². The molecule has 4 N–H and O–H groups in total. The third kappa shape index (κ3) is 7.88. The minimum Gasteiger partial charge on any atom is -0.390 e. The van der Waals surface area contributed by atoms with Crippen LogP contribution in [0, 0.1) is 11.7 Å². The van der Waals surface area contributed by atoms with E-state index >= 15 is 0 Å². The Balaban J connectivity index is 1.62. The number of unbranched alkanes of at least 4 members (excludes halogenated alkanes) is 1. The zero-order valence-electron chi connectivity index (χ0n) is 22.1. The minimum atomic E-state index is -1.22. The maximum Gasteiger partial charge on any atom is 0.317 e. The second-order valence-electron chi connectivity index (χ2n) is 10.8. The first kappa shape index (κ1) is 28.8. The number of aliphatic hydroxyl groups is 2. The van der Waals surface area contributed by atoms with Crippen LogP contribution in [-0.2, 0) is 10.3 Å². The lowest BCUT2D eigenvalue weighted by Gasteiger charge is -2.43. The summed E-state index contributed by atoms with van der Waals surface area (Å²) in [5.74, 6) is -0.560. The van der Waals surface area contributed by atoms with Crippen LogP contribution in [0.15, 0.2) is 24.3 Å². The molecule has 1 aliphatic heterocycles. The van der Waals surface area contributed by atoms with Crippen LogP contribution in [0.1, 0.15) is 76.2 Å². The lowest BCUT2D eigenvalue weighted by atomic mass is 9.74. The molecule has 1 heterocycles. The summed E-state index contributed by atoms with van der Waals surface area (Å²) in [4.78, 5) is 14.9. The van der Waals surface area contributed by atoms with Gasteiger partial charge in [-0.1, -0.05) is 31.4 Å². The molecule has 0 bridgehead atoms. The largest absolute Gasteiger partial charge is 0.390 e. The Bertz CT molecular complexity index is 820. The monoisotopic (exact) mass is 507 g/mol. The average Bonchev–Trinajstić information content (AvgIpc) is 2.89. The van der Waals surface area contributed by atoms with E-state index in [1.807, 2.05) is 7.05 Å². The molecule has 3 atom stereocenters. The molecule has 7 nitrogen and oxygen atoms in total. The highest BCUT2D eigenvalue weighted by molar-refractivity contribution is 5.74. The molecular formula is C28H46FN3O4. The third-order valence-electron chi connectivity index (χ3n) is 8.18. The van der Waals surface area contributed by atoms with Crippen LogP contribution in [0.5, 0.6) is 0 Å². The van der Waals surface area contributed by atoms with E-state index in [1.54, 1.807) is 24.1 Å². The first-order valence-electron chi connectivity index (χ1n) is 13.7. The summed E-state index contributed by atoms with van der Waals surface area (Å²) in [5.41, 5.74) is -1.30. The second kappa shape index (κ2) is 13.7. The van der Waals surface area contributed by atoms with Crippen LogP contribution in [0.4, 0.5) is 9.18 Å². The highest BCUT2D eigenvalue weighted by atomic mass is 19.1. The Morgan fingerprint density at radius 3 is 2.75 bits per heavy atom. The summed E-state index contributed by atoms with van der Waals surface area (Å²) in [6, 6.07) is 6.06. The van der Waals surface area contributed by atoms with Crippen molar-refractivity contribution in [2.75, 3.05) is 40.4 Å². The summed E-state index contributed by atoms with van der Waals surface area (Å²) in [6.07, 6.45) is 9.12. The number of halogens is 1. The van der Waals surface area contributed by atoms with E-state index in [4.69, 9.17) is 4.74 Å². The molecule has 0 spiro atoms. The third-order valence-corrected chi connectivity index (χ3v) is 8.18. The highest BCUT2D eigenvalue weighted by Crippen LogP contribution is 2.40. The quantitative estimate of drug-likeness (QED) is 0.322. The number of likely N-dealkylation sites (N-methyl/N-ethyl adjacent to an activating group) is 1. The highest BCUT2D eigenvalue weighted by Gasteiger charge is 2.41. The van der Waals surface area contributed by atoms with Gasteiger partial charge in [-0.25, -0.2) is 9.18 Å². The van der Waals surface area contributed by atoms with Gasteiger partial charge in [0.2, 0.25) is 0 Å². The number of hydrogen-bond acceptors (Lipinski definition) is 5. The molecule has 2 amide bonds.